The van der Waals surface area contributed by atoms with Crippen molar-refractivity contribution in [2.75, 3.05) is 31.1 Å². The van der Waals surface area contributed by atoms with Gasteiger partial charge in [0.15, 0.2) is 0 Å². The van der Waals surface area contributed by atoms with E-state index in [9.17, 15) is 23.3 Å². The molecular formula is C16H17ClN4O6S2. The van der Waals surface area contributed by atoms with Gasteiger partial charge in [-0.05, 0) is 30.7 Å². The van der Waals surface area contributed by atoms with Gasteiger partial charge in [0.1, 0.15) is 9.90 Å². The molecule has 1 aliphatic rings. The molecule has 0 aliphatic carbocycles. The van der Waals surface area contributed by atoms with E-state index in [0.29, 0.717) is 9.90 Å². The normalized spacial score (nSPS) is 15.3. The van der Waals surface area contributed by atoms with E-state index in [0.717, 1.165) is 17.4 Å². The number of carbonyl (C=O) groups is 1. The van der Waals surface area contributed by atoms with Crippen molar-refractivity contribution >= 4 is 50.2 Å². The van der Waals surface area contributed by atoms with Crippen LogP contribution in [0.2, 0.25) is 4.34 Å². The van der Waals surface area contributed by atoms with Crippen LogP contribution in [0.1, 0.15) is 15.9 Å². The number of amides is 1. The fourth-order valence-corrected chi connectivity index (χ4v) is 6.28. The average molecular weight is 461 g/mol. The summed E-state index contributed by atoms with van der Waals surface area (Å²) in [5.74, 6) is -0.861. The third-order valence-electron chi connectivity index (χ3n) is 4.54. The lowest BCUT2D eigenvalue weighted by molar-refractivity contribution is -0.384. The number of anilines is 1. The molecule has 0 saturated carbocycles. The zero-order valence-electron chi connectivity index (χ0n) is 15.2. The molecule has 0 bridgehead atoms. The van der Waals surface area contributed by atoms with E-state index in [1.54, 1.807) is 11.8 Å². The average Bonchev–Trinajstić information content (AvgIpc) is 3.06. The first-order chi connectivity index (χ1) is 13.6. The highest BCUT2D eigenvalue weighted by Crippen LogP contribution is 2.34. The lowest BCUT2D eigenvalue weighted by Crippen LogP contribution is -2.48. The summed E-state index contributed by atoms with van der Waals surface area (Å²) in [6, 6.07) is 5.37. The summed E-state index contributed by atoms with van der Waals surface area (Å²) < 4.78 is 27.5. The van der Waals surface area contributed by atoms with Crippen LogP contribution in [-0.4, -0.2) is 54.9 Å². The van der Waals surface area contributed by atoms with Gasteiger partial charge in [0.2, 0.25) is 0 Å². The largest absolute Gasteiger partial charge is 0.363 e. The number of nitro groups is 1. The third kappa shape index (κ3) is 4.21. The molecule has 0 unspecified atom stereocenters. The fourth-order valence-electron chi connectivity index (χ4n) is 3.00. The van der Waals surface area contributed by atoms with Gasteiger partial charge in [0, 0.05) is 37.8 Å². The van der Waals surface area contributed by atoms with E-state index in [1.165, 1.54) is 28.0 Å². The molecule has 10 nitrogen and oxygen atoms in total. The minimum absolute atomic E-state index is 0.0610. The van der Waals surface area contributed by atoms with Gasteiger partial charge in [-0.15, -0.1) is 11.3 Å². The molecule has 13 heteroatoms. The van der Waals surface area contributed by atoms with E-state index in [1.807, 2.05) is 0 Å². The SMILES string of the molecule is Cc1cc(S(=O)(=O)N2CCN(c3ccc(C(=O)NO)cc3[N+](=O)[O-])CC2)sc1Cl. The maximum absolute atomic E-state index is 12.8. The van der Waals surface area contributed by atoms with Crippen LogP contribution < -0.4 is 10.4 Å². The highest BCUT2D eigenvalue weighted by atomic mass is 35.5. The number of nitro benzene ring substituents is 1. The van der Waals surface area contributed by atoms with Gasteiger partial charge in [0.25, 0.3) is 21.6 Å². The Bertz CT molecular complexity index is 1040. The number of aryl methyl sites for hydroxylation is 1. The second-order valence-corrected chi connectivity index (χ2v) is 10.1. The molecule has 2 heterocycles. The van der Waals surface area contributed by atoms with Crippen LogP contribution in [0.25, 0.3) is 0 Å². The second-order valence-electron chi connectivity index (χ2n) is 6.31. The van der Waals surface area contributed by atoms with Crippen LogP contribution in [0.5, 0.6) is 0 Å². The summed E-state index contributed by atoms with van der Waals surface area (Å²) >= 11 is 6.99. The van der Waals surface area contributed by atoms with Gasteiger partial charge >= 0.3 is 0 Å². The Balaban J connectivity index is 1.80. The van der Waals surface area contributed by atoms with Crippen LogP contribution in [-0.2, 0) is 10.0 Å². The van der Waals surface area contributed by atoms with Crippen molar-refractivity contribution in [2.45, 2.75) is 11.1 Å². The molecule has 156 valence electrons. The molecule has 1 aromatic heterocycles. The number of hydrogen-bond donors (Lipinski definition) is 2. The topological polar surface area (TPSA) is 133 Å². The van der Waals surface area contributed by atoms with Gasteiger partial charge in [-0.2, -0.15) is 4.31 Å². The molecule has 1 amide bonds. The minimum atomic E-state index is -3.69. The molecule has 0 spiro atoms. The van der Waals surface area contributed by atoms with Crippen molar-refractivity contribution in [1.29, 1.82) is 0 Å². The maximum atomic E-state index is 12.8. The van der Waals surface area contributed by atoms with Crippen molar-refractivity contribution in [1.82, 2.24) is 9.79 Å². The van der Waals surface area contributed by atoms with Crippen molar-refractivity contribution < 1.29 is 23.3 Å². The number of rotatable bonds is 5. The number of carbonyl (C=O) groups excluding carboxylic acids is 1. The number of piperazine rings is 1. The molecule has 1 aromatic carbocycles. The number of hydrogen-bond acceptors (Lipinski definition) is 8. The first-order valence-electron chi connectivity index (χ1n) is 8.39. The smallest absolute Gasteiger partial charge is 0.293 e. The number of thiophene rings is 1. The van der Waals surface area contributed by atoms with Crippen LogP contribution >= 0.6 is 22.9 Å². The second kappa shape index (κ2) is 8.24. The van der Waals surface area contributed by atoms with Crippen LogP contribution in [0.4, 0.5) is 11.4 Å². The molecule has 0 atom stereocenters. The Morgan fingerprint density at radius 1 is 1.28 bits per heavy atom. The zero-order chi connectivity index (χ0) is 21.3. The van der Waals surface area contributed by atoms with Crippen molar-refractivity contribution in [3.8, 4) is 0 Å². The van der Waals surface area contributed by atoms with Crippen LogP contribution in [0.3, 0.4) is 0 Å². The van der Waals surface area contributed by atoms with E-state index in [-0.39, 0.29) is 47.3 Å². The van der Waals surface area contributed by atoms with Gasteiger partial charge < -0.3 is 4.90 Å². The van der Waals surface area contributed by atoms with Gasteiger partial charge in [0.05, 0.1) is 9.26 Å². The first-order valence-corrected chi connectivity index (χ1v) is 11.0. The molecule has 2 aromatic rings. The Labute approximate surface area is 175 Å². The highest BCUT2D eigenvalue weighted by molar-refractivity contribution is 7.91. The fraction of sp³-hybridized carbons (Fsp3) is 0.312. The molecule has 2 N–H and O–H groups in total. The van der Waals surface area contributed by atoms with Crippen molar-refractivity contribution in [2.24, 2.45) is 0 Å². The molecular weight excluding hydrogens is 444 g/mol. The van der Waals surface area contributed by atoms with Gasteiger partial charge in [-0.3, -0.25) is 20.1 Å². The molecule has 29 heavy (non-hydrogen) atoms. The van der Waals surface area contributed by atoms with Crippen LogP contribution in [0, 0.1) is 17.0 Å². The lowest BCUT2D eigenvalue weighted by atomic mass is 10.1. The Morgan fingerprint density at radius 2 is 1.93 bits per heavy atom. The number of hydroxylamine groups is 1. The quantitative estimate of drug-likeness (QED) is 0.397. The Morgan fingerprint density at radius 3 is 2.45 bits per heavy atom. The first kappa shape index (κ1) is 21.5. The predicted molar refractivity (Wildman–Crippen MR) is 107 cm³/mol. The van der Waals surface area contributed by atoms with Gasteiger partial charge in [-0.25, -0.2) is 13.9 Å². The summed E-state index contributed by atoms with van der Waals surface area (Å²) in [6.45, 7) is 2.50. The maximum Gasteiger partial charge on any atom is 0.293 e. The van der Waals surface area contributed by atoms with Crippen molar-refractivity contribution in [3.05, 3.63) is 49.8 Å². The molecule has 3 rings (SSSR count). The predicted octanol–water partition coefficient (Wildman–Crippen LogP) is 2.25. The number of nitrogens with one attached hydrogen (secondary N) is 1. The number of benzene rings is 1. The standard InChI is InChI=1S/C16H17ClN4O6S2/c1-10-8-14(28-15(10)17)29(26,27)20-6-4-19(5-7-20)12-3-2-11(16(22)18-23)9-13(12)21(24)25/h2-3,8-9,23H,4-7H2,1H3,(H,18,22). The lowest BCUT2D eigenvalue weighted by Gasteiger charge is -2.34. The zero-order valence-corrected chi connectivity index (χ0v) is 17.6. The van der Waals surface area contributed by atoms with Crippen LogP contribution in [0.15, 0.2) is 28.5 Å². The molecule has 1 aliphatic heterocycles. The van der Waals surface area contributed by atoms with E-state index < -0.39 is 20.9 Å². The Hall–Kier alpha value is -2.25. The van der Waals surface area contributed by atoms with E-state index in [2.05, 4.69) is 0 Å². The van der Waals surface area contributed by atoms with E-state index in [4.69, 9.17) is 16.8 Å². The molecule has 0 radical (unpaired) electrons. The Kier molecular flexibility index (Phi) is 6.10. The summed E-state index contributed by atoms with van der Waals surface area (Å²) in [7, 11) is -3.69. The highest BCUT2D eigenvalue weighted by Gasteiger charge is 2.32. The molecule has 1 fully saturated rings. The summed E-state index contributed by atoms with van der Waals surface area (Å²) in [5.41, 5.74) is 2.04. The third-order valence-corrected chi connectivity index (χ3v) is 8.45. The summed E-state index contributed by atoms with van der Waals surface area (Å²) in [4.78, 5) is 24.0. The summed E-state index contributed by atoms with van der Waals surface area (Å²) in [5, 5.41) is 20.1. The number of halogens is 1. The summed E-state index contributed by atoms with van der Waals surface area (Å²) in [6.07, 6.45) is 0. The molecule has 1 saturated heterocycles. The monoisotopic (exact) mass is 460 g/mol. The minimum Gasteiger partial charge on any atom is -0.363 e. The van der Waals surface area contributed by atoms with Gasteiger partial charge in [-0.1, -0.05) is 11.6 Å². The number of sulfonamides is 1. The van der Waals surface area contributed by atoms with E-state index >= 15 is 0 Å². The number of nitrogens with zero attached hydrogens (tertiary/aromatic N) is 3. The van der Waals surface area contributed by atoms with Crippen molar-refractivity contribution in [3.63, 3.8) is 0 Å².